The van der Waals surface area contributed by atoms with Crippen LogP contribution >= 0.6 is 11.6 Å². The Labute approximate surface area is 267 Å². The number of rotatable bonds is 13. The van der Waals surface area contributed by atoms with E-state index < -0.39 is 0 Å². The fourth-order valence-corrected chi connectivity index (χ4v) is 5.10. The topological polar surface area (TPSA) is 122 Å². The molecule has 1 aliphatic heterocycles. The smallest absolute Gasteiger partial charge is 0.248 e. The zero-order valence-electron chi connectivity index (χ0n) is 25.3. The van der Waals surface area contributed by atoms with Gasteiger partial charge in [-0.3, -0.25) is 14.8 Å². The average Bonchev–Trinajstić information content (AvgIpc) is 3.57. The Hall–Kier alpha value is -4.69. The molecule has 45 heavy (non-hydrogen) atoms. The van der Waals surface area contributed by atoms with Crippen LogP contribution < -0.4 is 20.1 Å². The molecular weight excluding hydrogens is 592 g/mol. The van der Waals surface area contributed by atoms with Crippen molar-refractivity contribution in [1.82, 2.24) is 14.9 Å². The molecule has 5 rings (SSSR count). The van der Waals surface area contributed by atoms with E-state index in [4.69, 9.17) is 25.8 Å². The van der Waals surface area contributed by atoms with Crippen molar-refractivity contribution >= 4 is 45.5 Å². The highest BCUT2D eigenvalue weighted by atomic mass is 35.5. The molecule has 2 aromatic heterocycles. The van der Waals surface area contributed by atoms with Gasteiger partial charge in [-0.05, 0) is 49.5 Å². The van der Waals surface area contributed by atoms with Gasteiger partial charge in [0.05, 0.1) is 46.4 Å². The third-order valence-electron chi connectivity index (χ3n) is 7.36. The first-order valence-electron chi connectivity index (χ1n) is 14.9. The Morgan fingerprint density at radius 2 is 2.04 bits per heavy atom. The third kappa shape index (κ3) is 8.28. The summed E-state index contributed by atoms with van der Waals surface area (Å²) in [5.41, 5.74) is 3.31. The number of halogens is 1. The lowest BCUT2D eigenvalue weighted by Gasteiger charge is -2.19. The lowest BCUT2D eigenvalue weighted by atomic mass is 10.1. The van der Waals surface area contributed by atoms with Crippen molar-refractivity contribution in [3.05, 3.63) is 89.4 Å². The van der Waals surface area contributed by atoms with Crippen LogP contribution in [0.3, 0.4) is 0 Å². The van der Waals surface area contributed by atoms with Crippen LogP contribution in [0.4, 0.5) is 17.1 Å². The molecule has 11 heteroatoms. The molecule has 0 saturated carbocycles. The molecule has 232 valence electrons. The summed E-state index contributed by atoms with van der Waals surface area (Å²) in [4.78, 5) is 24.0. The molecule has 3 heterocycles. The number of carbonyl (C=O) groups is 1. The van der Waals surface area contributed by atoms with E-state index >= 15 is 0 Å². The van der Waals surface area contributed by atoms with Gasteiger partial charge in [-0.1, -0.05) is 37.6 Å². The van der Waals surface area contributed by atoms with E-state index in [2.05, 4.69) is 45.4 Å². The summed E-state index contributed by atoms with van der Waals surface area (Å²) in [6, 6.07) is 16.7. The van der Waals surface area contributed by atoms with Gasteiger partial charge >= 0.3 is 0 Å². The van der Waals surface area contributed by atoms with E-state index in [1.54, 1.807) is 30.5 Å². The Balaban J connectivity index is 1.44. The maximum atomic E-state index is 13.0. The van der Waals surface area contributed by atoms with Gasteiger partial charge in [0.2, 0.25) is 5.91 Å². The average molecular weight is 627 g/mol. The molecule has 0 aliphatic carbocycles. The second-order valence-corrected chi connectivity index (χ2v) is 10.8. The number of benzene rings is 2. The molecule has 1 aliphatic rings. The normalized spacial score (nSPS) is 14.5. The minimum absolute atomic E-state index is 0.146. The molecule has 1 fully saturated rings. The number of amides is 1. The summed E-state index contributed by atoms with van der Waals surface area (Å²) in [5, 5.41) is 17.3. The number of hydrogen-bond donors (Lipinski definition) is 2. The van der Waals surface area contributed by atoms with Crippen molar-refractivity contribution in [1.29, 1.82) is 5.26 Å². The second kappa shape index (κ2) is 15.3. The molecular formula is C34H35ClN6O4. The standard InChI is InChI=1S/C34H35ClN6O4/c1-3-41(4-2)14-7-9-33(42)40-30-17-27-29(18-32(30)45-26-12-15-43-22-26)38-20-23(19-36)34(27)39-24-10-11-31(28(35)16-24)44-21-25-8-5-6-13-37-25/h5-11,13,16-18,20,26H,3-4,12,14-15,21-22H2,1-2H3,(H,38,39)(H,40,42)/b9-7+/t26-/m0/s1. The van der Waals surface area contributed by atoms with Crippen LogP contribution in [-0.2, 0) is 16.1 Å². The maximum absolute atomic E-state index is 13.0. The van der Waals surface area contributed by atoms with Gasteiger partial charge in [0.25, 0.3) is 0 Å². The summed E-state index contributed by atoms with van der Waals surface area (Å²) in [5.74, 6) is 0.690. The van der Waals surface area contributed by atoms with E-state index in [1.807, 2.05) is 30.3 Å². The highest BCUT2D eigenvalue weighted by molar-refractivity contribution is 6.32. The lowest BCUT2D eigenvalue weighted by Crippen LogP contribution is -2.23. The Morgan fingerprint density at radius 1 is 1.18 bits per heavy atom. The van der Waals surface area contributed by atoms with Gasteiger partial charge in [-0.15, -0.1) is 0 Å². The highest BCUT2D eigenvalue weighted by Crippen LogP contribution is 2.38. The summed E-state index contributed by atoms with van der Waals surface area (Å²) in [6.07, 6.45) is 7.17. The zero-order chi connectivity index (χ0) is 31.6. The number of nitrogens with one attached hydrogen (secondary N) is 2. The molecule has 0 bridgehead atoms. The third-order valence-corrected chi connectivity index (χ3v) is 7.65. The van der Waals surface area contributed by atoms with Crippen molar-refractivity contribution < 1.29 is 19.0 Å². The van der Waals surface area contributed by atoms with E-state index in [-0.39, 0.29) is 18.6 Å². The summed E-state index contributed by atoms with van der Waals surface area (Å²) in [6.45, 7) is 7.97. The zero-order valence-corrected chi connectivity index (χ0v) is 26.0. The van der Waals surface area contributed by atoms with Crippen molar-refractivity contribution in [2.45, 2.75) is 33.0 Å². The summed E-state index contributed by atoms with van der Waals surface area (Å²) in [7, 11) is 0. The SMILES string of the molecule is CCN(CC)C/C=C/C(=O)Nc1cc2c(Nc3ccc(OCc4ccccn4)c(Cl)c3)c(C#N)cnc2cc1O[C@H]1CCOC1. The number of anilines is 3. The first-order valence-corrected chi connectivity index (χ1v) is 15.3. The van der Waals surface area contributed by atoms with E-state index in [9.17, 15) is 10.1 Å². The van der Waals surface area contributed by atoms with Crippen LogP contribution in [0.2, 0.25) is 5.02 Å². The van der Waals surface area contributed by atoms with Crippen LogP contribution in [-0.4, -0.2) is 59.7 Å². The van der Waals surface area contributed by atoms with Crippen molar-refractivity contribution in [2.24, 2.45) is 0 Å². The molecule has 0 spiro atoms. The molecule has 10 nitrogen and oxygen atoms in total. The molecule has 0 unspecified atom stereocenters. The number of carbonyl (C=O) groups excluding carboxylic acids is 1. The van der Waals surface area contributed by atoms with Crippen LogP contribution in [0.5, 0.6) is 11.5 Å². The van der Waals surface area contributed by atoms with E-state index in [0.717, 1.165) is 25.2 Å². The fraction of sp³-hybridized carbons (Fsp3) is 0.294. The first kappa shape index (κ1) is 31.7. The van der Waals surface area contributed by atoms with Gasteiger partial charge in [-0.25, -0.2) is 0 Å². The number of nitriles is 1. The van der Waals surface area contributed by atoms with Gasteiger partial charge < -0.3 is 29.7 Å². The van der Waals surface area contributed by atoms with Crippen LogP contribution in [0.25, 0.3) is 10.9 Å². The first-order chi connectivity index (χ1) is 22.0. The largest absolute Gasteiger partial charge is 0.486 e. The molecule has 1 atom stereocenters. The number of ether oxygens (including phenoxy) is 3. The van der Waals surface area contributed by atoms with Gasteiger partial charge in [-0.2, -0.15) is 5.26 Å². The number of fused-ring (bicyclic) bond motifs is 1. The van der Waals surface area contributed by atoms with E-state index in [1.165, 1.54) is 12.3 Å². The molecule has 0 radical (unpaired) electrons. The molecule has 2 N–H and O–H groups in total. The second-order valence-electron chi connectivity index (χ2n) is 10.4. The Morgan fingerprint density at radius 3 is 2.76 bits per heavy atom. The Kier molecular flexibility index (Phi) is 10.8. The molecule has 4 aromatic rings. The number of likely N-dealkylation sites (N-methyl/N-ethyl adjacent to an activating group) is 1. The number of pyridine rings is 2. The fourth-order valence-electron chi connectivity index (χ4n) is 4.86. The van der Waals surface area contributed by atoms with Gasteiger partial charge in [0.15, 0.2) is 0 Å². The van der Waals surface area contributed by atoms with Gasteiger partial charge in [0, 0.05) is 48.6 Å². The number of hydrogen-bond acceptors (Lipinski definition) is 9. The summed E-state index contributed by atoms with van der Waals surface area (Å²) >= 11 is 6.57. The number of aromatic nitrogens is 2. The van der Waals surface area contributed by atoms with Gasteiger partial charge in [0.1, 0.15) is 30.3 Å². The minimum Gasteiger partial charge on any atom is -0.486 e. The molecule has 1 amide bonds. The molecule has 2 aromatic carbocycles. The van der Waals surface area contributed by atoms with Crippen LogP contribution in [0, 0.1) is 11.3 Å². The van der Waals surface area contributed by atoms with Crippen molar-refractivity contribution in [2.75, 3.05) is 43.5 Å². The lowest BCUT2D eigenvalue weighted by molar-refractivity contribution is -0.111. The maximum Gasteiger partial charge on any atom is 0.248 e. The minimum atomic E-state index is -0.291. The van der Waals surface area contributed by atoms with Crippen LogP contribution in [0.15, 0.2) is 73.1 Å². The van der Waals surface area contributed by atoms with Crippen LogP contribution in [0.1, 0.15) is 31.5 Å². The summed E-state index contributed by atoms with van der Waals surface area (Å²) < 4.78 is 17.6. The predicted molar refractivity (Wildman–Crippen MR) is 175 cm³/mol. The monoisotopic (exact) mass is 626 g/mol. The van der Waals surface area contributed by atoms with Crippen molar-refractivity contribution in [3.63, 3.8) is 0 Å². The van der Waals surface area contributed by atoms with Crippen molar-refractivity contribution in [3.8, 4) is 17.6 Å². The quantitative estimate of drug-likeness (QED) is 0.161. The predicted octanol–water partition coefficient (Wildman–Crippen LogP) is 6.48. The van der Waals surface area contributed by atoms with E-state index in [0.29, 0.717) is 69.8 Å². The number of nitrogens with zero attached hydrogens (tertiary/aromatic N) is 4. The molecule has 1 saturated heterocycles. The Bertz CT molecular complexity index is 1700. The highest BCUT2D eigenvalue weighted by Gasteiger charge is 2.21.